The van der Waals surface area contributed by atoms with Crippen molar-refractivity contribution in [3.05, 3.63) is 29.8 Å². The van der Waals surface area contributed by atoms with Gasteiger partial charge in [0, 0.05) is 18.3 Å². The molecule has 0 aromatic heterocycles. The monoisotopic (exact) mass is 292 g/mol. The van der Waals surface area contributed by atoms with Crippen LogP contribution in [0.3, 0.4) is 0 Å². The molecule has 116 valence electrons. The van der Waals surface area contributed by atoms with Crippen LogP contribution in [0.25, 0.3) is 0 Å². The van der Waals surface area contributed by atoms with E-state index in [0.717, 1.165) is 17.7 Å². The van der Waals surface area contributed by atoms with Crippen LogP contribution in [0.4, 0.5) is 5.69 Å². The summed E-state index contributed by atoms with van der Waals surface area (Å²) in [6.07, 6.45) is 0.916. The van der Waals surface area contributed by atoms with Crippen molar-refractivity contribution in [3.63, 3.8) is 0 Å². The topological polar surface area (TPSA) is 69.6 Å². The quantitative estimate of drug-likeness (QED) is 0.772. The van der Waals surface area contributed by atoms with Gasteiger partial charge in [-0.15, -0.1) is 0 Å². The Balaban J connectivity index is 2.63. The van der Waals surface area contributed by atoms with E-state index in [1.165, 1.54) is 0 Å². The maximum Gasteiger partial charge on any atom is 0.304 e. The lowest BCUT2D eigenvalue weighted by Gasteiger charge is -2.27. The molecule has 0 aliphatic heterocycles. The number of anilines is 1. The average molecular weight is 292 g/mol. The molecule has 0 heterocycles. The van der Waals surface area contributed by atoms with Crippen LogP contribution in [-0.4, -0.2) is 41.0 Å². The largest absolute Gasteiger partial charge is 0.481 e. The number of nitrogens with zero attached hydrogens (tertiary/aromatic N) is 1. The second-order valence-electron chi connectivity index (χ2n) is 5.23. The molecule has 0 saturated heterocycles. The van der Waals surface area contributed by atoms with Gasteiger partial charge in [0.25, 0.3) is 0 Å². The van der Waals surface area contributed by atoms with Crippen molar-refractivity contribution >= 4 is 17.6 Å². The molecule has 0 bridgehead atoms. The Hall–Kier alpha value is -1.88. The highest BCUT2D eigenvalue weighted by Gasteiger charge is 2.17. The molecule has 0 fully saturated rings. The number of carboxylic acids is 1. The molecular formula is C16H24N2O3. The van der Waals surface area contributed by atoms with Gasteiger partial charge in [0.05, 0.1) is 13.0 Å². The highest BCUT2D eigenvalue weighted by atomic mass is 16.4. The van der Waals surface area contributed by atoms with E-state index in [4.69, 9.17) is 5.11 Å². The van der Waals surface area contributed by atoms with Gasteiger partial charge < -0.3 is 10.4 Å². The molecule has 0 spiro atoms. The molecule has 1 aromatic rings. The number of benzene rings is 1. The number of aliphatic carboxylic acids is 1. The normalized spacial score (nSPS) is 12.2. The minimum absolute atomic E-state index is 0.0436. The van der Waals surface area contributed by atoms with Crippen LogP contribution in [0, 0.1) is 6.92 Å². The summed E-state index contributed by atoms with van der Waals surface area (Å²) in [5.41, 5.74) is 1.80. The summed E-state index contributed by atoms with van der Waals surface area (Å²) in [6, 6.07) is 7.76. The van der Waals surface area contributed by atoms with Crippen LogP contribution in [0.5, 0.6) is 0 Å². The maximum atomic E-state index is 12.1. The van der Waals surface area contributed by atoms with Gasteiger partial charge in [-0.2, -0.15) is 0 Å². The zero-order valence-electron chi connectivity index (χ0n) is 12.9. The van der Waals surface area contributed by atoms with E-state index in [0.29, 0.717) is 6.54 Å². The van der Waals surface area contributed by atoms with Gasteiger partial charge in [0.15, 0.2) is 0 Å². The first-order chi connectivity index (χ1) is 9.93. The molecule has 0 aliphatic carbocycles. The summed E-state index contributed by atoms with van der Waals surface area (Å²) in [7, 11) is 0. The van der Waals surface area contributed by atoms with Gasteiger partial charge in [0.2, 0.25) is 5.91 Å². The van der Waals surface area contributed by atoms with E-state index < -0.39 is 5.97 Å². The zero-order chi connectivity index (χ0) is 15.8. The first-order valence-corrected chi connectivity index (χ1v) is 7.25. The molecule has 1 amide bonds. The van der Waals surface area contributed by atoms with Crippen LogP contribution in [0.2, 0.25) is 0 Å². The first-order valence-electron chi connectivity index (χ1n) is 7.25. The third-order valence-electron chi connectivity index (χ3n) is 3.59. The Bertz CT molecular complexity index is 488. The smallest absolute Gasteiger partial charge is 0.304 e. The van der Waals surface area contributed by atoms with Gasteiger partial charge in [-0.05, 0) is 31.9 Å². The van der Waals surface area contributed by atoms with Gasteiger partial charge in [-0.25, -0.2) is 0 Å². The third kappa shape index (κ3) is 5.95. The highest BCUT2D eigenvalue weighted by Crippen LogP contribution is 2.13. The number of rotatable bonds is 8. The molecule has 1 unspecified atom stereocenters. The number of hydrogen-bond donors (Lipinski definition) is 2. The summed E-state index contributed by atoms with van der Waals surface area (Å²) in [6.45, 7) is 6.55. The van der Waals surface area contributed by atoms with E-state index >= 15 is 0 Å². The van der Waals surface area contributed by atoms with E-state index in [1.807, 2.05) is 49.9 Å². The molecule has 1 aromatic carbocycles. The number of hydrogen-bond acceptors (Lipinski definition) is 3. The Labute approximate surface area is 126 Å². The van der Waals surface area contributed by atoms with Gasteiger partial charge in [0.1, 0.15) is 0 Å². The number of carbonyl (C=O) groups excluding carboxylic acids is 1. The SMILES string of the molecule is CCC(C)N(CCC(=O)O)CC(=O)Nc1ccccc1C. The molecule has 0 saturated carbocycles. The second kappa shape index (κ2) is 8.42. The highest BCUT2D eigenvalue weighted by molar-refractivity contribution is 5.93. The Morgan fingerprint density at radius 2 is 2.00 bits per heavy atom. The van der Waals surface area contributed by atoms with Crippen molar-refractivity contribution in [1.29, 1.82) is 0 Å². The van der Waals surface area contributed by atoms with Crippen LogP contribution >= 0.6 is 0 Å². The Kier molecular flexibility index (Phi) is 6.88. The number of nitrogens with one attached hydrogen (secondary N) is 1. The number of amides is 1. The predicted octanol–water partition coefficient (Wildman–Crippen LogP) is 2.51. The van der Waals surface area contributed by atoms with E-state index in [9.17, 15) is 9.59 Å². The van der Waals surface area contributed by atoms with Crippen molar-refractivity contribution in [1.82, 2.24) is 4.90 Å². The Morgan fingerprint density at radius 3 is 2.57 bits per heavy atom. The van der Waals surface area contributed by atoms with E-state index in [-0.39, 0.29) is 24.9 Å². The van der Waals surface area contributed by atoms with Crippen molar-refractivity contribution in [3.8, 4) is 0 Å². The Morgan fingerprint density at radius 1 is 1.33 bits per heavy atom. The number of carbonyl (C=O) groups is 2. The number of aryl methyl sites for hydroxylation is 1. The lowest BCUT2D eigenvalue weighted by Crippen LogP contribution is -2.40. The molecule has 1 rings (SSSR count). The van der Waals surface area contributed by atoms with Crippen LogP contribution in [0.15, 0.2) is 24.3 Å². The predicted molar refractivity (Wildman–Crippen MR) is 83.4 cm³/mol. The third-order valence-corrected chi connectivity index (χ3v) is 3.59. The zero-order valence-corrected chi connectivity index (χ0v) is 12.9. The minimum atomic E-state index is -0.845. The molecule has 5 heteroatoms. The standard InChI is InChI=1S/C16H24N2O3/c1-4-13(3)18(10-9-16(20)21)11-15(19)17-14-8-6-5-7-12(14)2/h5-8,13H,4,9-11H2,1-3H3,(H,17,19)(H,20,21). The summed E-state index contributed by atoms with van der Waals surface area (Å²) < 4.78 is 0. The van der Waals surface area contributed by atoms with Crippen LogP contribution in [-0.2, 0) is 9.59 Å². The maximum absolute atomic E-state index is 12.1. The lowest BCUT2D eigenvalue weighted by molar-refractivity contribution is -0.137. The van der Waals surface area contributed by atoms with Crippen LogP contribution in [0.1, 0.15) is 32.3 Å². The summed E-state index contributed by atoms with van der Waals surface area (Å²) in [5, 5.41) is 11.7. The summed E-state index contributed by atoms with van der Waals surface area (Å²) >= 11 is 0. The molecule has 5 nitrogen and oxygen atoms in total. The van der Waals surface area contributed by atoms with Crippen molar-refractivity contribution in [2.45, 2.75) is 39.7 Å². The van der Waals surface area contributed by atoms with Gasteiger partial charge in [-0.3, -0.25) is 14.5 Å². The first kappa shape index (κ1) is 17.2. The number of carboxylic acid groups (broad SMARTS) is 1. The molecule has 2 N–H and O–H groups in total. The molecular weight excluding hydrogens is 268 g/mol. The fraction of sp³-hybridized carbons (Fsp3) is 0.500. The molecule has 21 heavy (non-hydrogen) atoms. The van der Waals surface area contributed by atoms with Gasteiger partial charge in [-0.1, -0.05) is 25.1 Å². The molecule has 0 radical (unpaired) electrons. The average Bonchev–Trinajstić information content (AvgIpc) is 2.44. The van der Waals surface area contributed by atoms with Crippen molar-refractivity contribution in [2.24, 2.45) is 0 Å². The fourth-order valence-electron chi connectivity index (χ4n) is 2.04. The second-order valence-corrected chi connectivity index (χ2v) is 5.23. The summed E-state index contributed by atoms with van der Waals surface area (Å²) in [5.74, 6) is -0.961. The van der Waals surface area contributed by atoms with E-state index in [2.05, 4.69) is 5.32 Å². The van der Waals surface area contributed by atoms with E-state index in [1.54, 1.807) is 0 Å². The van der Waals surface area contributed by atoms with Gasteiger partial charge >= 0.3 is 5.97 Å². The fourth-order valence-corrected chi connectivity index (χ4v) is 2.04. The van der Waals surface area contributed by atoms with Crippen LogP contribution < -0.4 is 5.32 Å². The molecule has 0 aliphatic rings. The number of para-hydroxylation sites is 1. The molecule has 1 atom stereocenters. The summed E-state index contributed by atoms with van der Waals surface area (Å²) in [4.78, 5) is 24.8. The van der Waals surface area contributed by atoms with Crippen molar-refractivity contribution < 1.29 is 14.7 Å². The van der Waals surface area contributed by atoms with Crippen molar-refractivity contribution in [2.75, 3.05) is 18.4 Å². The lowest BCUT2D eigenvalue weighted by atomic mass is 10.2. The minimum Gasteiger partial charge on any atom is -0.481 e.